The van der Waals surface area contributed by atoms with Crippen LogP contribution < -0.4 is 0 Å². The van der Waals surface area contributed by atoms with Gasteiger partial charge >= 0.3 is 0 Å². The summed E-state index contributed by atoms with van der Waals surface area (Å²) in [6.07, 6.45) is 0. The fourth-order valence-electron chi connectivity index (χ4n) is 1.00. The molecular formula is C6H14N2OS. The Kier molecular flexibility index (Phi) is 2.57. The van der Waals surface area contributed by atoms with Crippen LogP contribution >= 0.6 is 0 Å². The minimum Gasteiger partial charge on any atom is -0.578 e. The van der Waals surface area contributed by atoms with Gasteiger partial charge in [0, 0.05) is 14.1 Å². The summed E-state index contributed by atoms with van der Waals surface area (Å²) in [6.45, 7) is 4.12. The lowest BCUT2D eigenvalue weighted by Gasteiger charge is -2.36. The van der Waals surface area contributed by atoms with Crippen LogP contribution in [0.5, 0.6) is 0 Å². The van der Waals surface area contributed by atoms with Gasteiger partial charge in [0.15, 0.2) is 0 Å². The molecule has 0 spiro atoms. The van der Waals surface area contributed by atoms with Gasteiger partial charge in [-0.2, -0.15) is 0 Å². The standard InChI is InChI=1S/C6H14N2OS/c1-6-4-8(5-6)10(9)7(2)3/h6H,4-5H2,1-3H3. The first-order valence-corrected chi connectivity index (χ1v) is 4.52. The maximum absolute atomic E-state index is 11.2. The smallest absolute Gasteiger partial charge is 0.139 e. The fraction of sp³-hybridized carbons (Fsp3) is 1.00. The molecule has 0 aromatic rings. The molecule has 0 aromatic carbocycles. The molecular weight excluding hydrogens is 148 g/mol. The summed E-state index contributed by atoms with van der Waals surface area (Å²) in [5, 5.41) is 0. The molecule has 0 aromatic heterocycles. The minimum atomic E-state index is -0.884. The van der Waals surface area contributed by atoms with Gasteiger partial charge in [0.05, 0.1) is 13.1 Å². The van der Waals surface area contributed by atoms with Gasteiger partial charge in [-0.25, -0.2) is 0 Å². The Hall–Kier alpha value is 0.230. The molecule has 4 heteroatoms. The van der Waals surface area contributed by atoms with E-state index in [1.165, 1.54) is 0 Å². The molecule has 1 rings (SSSR count). The summed E-state index contributed by atoms with van der Waals surface area (Å²) in [4.78, 5) is 0. The molecule has 0 N–H and O–H groups in total. The van der Waals surface area contributed by atoms with Crippen molar-refractivity contribution < 1.29 is 4.55 Å². The zero-order valence-electron chi connectivity index (χ0n) is 6.70. The van der Waals surface area contributed by atoms with Gasteiger partial charge in [-0.3, -0.25) is 0 Å². The molecule has 1 atom stereocenters. The molecule has 1 saturated heterocycles. The second-order valence-corrected chi connectivity index (χ2v) is 4.70. The van der Waals surface area contributed by atoms with E-state index in [1.807, 2.05) is 18.4 Å². The van der Waals surface area contributed by atoms with Gasteiger partial charge in [0.2, 0.25) is 0 Å². The predicted octanol–water partition coefficient (Wildman–Crippen LogP) is 0.0784. The molecule has 1 aliphatic rings. The van der Waals surface area contributed by atoms with Crippen molar-refractivity contribution in [3.8, 4) is 0 Å². The lowest BCUT2D eigenvalue weighted by Crippen LogP contribution is -2.52. The average molecular weight is 162 g/mol. The molecule has 0 saturated carbocycles. The first kappa shape index (κ1) is 8.33. The summed E-state index contributed by atoms with van der Waals surface area (Å²) in [7, 11) is 3.66. The van der Waals surface area contributed by atoms with Gasteiger partial charge in [-0.15, -0.1) is 8.61 Å². The summed E-state index contributed by atoms with van der Waals surface area (Å²) in [5.74, 6) is 0.726. The van der Waals surface area contributed by atoms with Crippen LogP contribution in [0.2, 0.25) is 0 Å². The highest BCUT2D eigenvalue weighted by Gasteiger charge is 2.34. The van der Waals surface area contributed by atoms with E-state index in [0.717, 1.165) is 19.0 Å². The van der Waals surface area contributed by atoms with Crippen LogP contribution in [0, 0.1) is 5.92 Å². The van der Waals surface area contributed by atoms with Crippen LogP contribution in [0.4, 0.5) is 0 Å². The maximum Gasteiger partial charge on any atom is 0.139 e. The summed E-state index contributed by atoms with van der Waals surface area (Å²) in [5.41, 5.74) is 0. The van der Waals surface area contributed by atoms with E-state index in [4.69, 9.17) is 0 Å². The molecule has 1 aliphatic heterocycles. The minimum absolute atomic E-state index is 0.726. The monoisotopic (exact) mass is 162 g/mol. The summed E-state index contributed by atoms with van der Waals surface area (Å²) >= 11 is -0.884. The van der Waals surface area contributed by atoms with Gasteiger partial charge in [0.1, 0.15) is 11.5 Å². The van der Waals surface area contributed by atoms with Crippen LogP contribution in [-0.4, -0.2) is 40.3 Å². The molecule has 0 bridgehead atoms. The molecule has 60 valence electrons. The first-order valence-electron chi connectivity index (χ1n) is 3.45. The Morgan fingerprint density at radius 1 is 1.50 bits per heavy atom. The van der Waals surface area contributed by atoms with Crippen molar-refractivity contribution in [3.05, 3.63) is 0 Å². The van der Waals surface area contributed by atoms with Crippen molar-refractivity contribution >= 4 is 11.5 Å². The second-order valence-electron chi connectivity index (χ2n) is 3.00. The zero-order valence-corrected chi connectivity index (χ0v) is 7.52. The number of nitrogens with zero attached hydrogens (tertiary/aromatic N) is 2. The second kappa shape index (κ2) is 3.09. The van der Waals surface area contributed by atoms with E-state index >= 15 is 0 Å². The van der Waals surface area contributed by atoms with Gasteiger partial charge in [0.25, 0.3) is 0 Å². The molecule has 1 unspecified atom stereocenters. The zero-order chi connectivity index (χ0) is 7.72. The van der Waals surface area contributed by atoms with E-state index in [2.05, 4.69) is 6.92 Å². The van der Waals surface area contributed by atoms with Gasteiger partial charge in [-0.1, -0.05) is 6.92 Å². The fourth-order valence-corrected chi connectivity index (χ4v) is 2.23. The van der Waals surface area contributed by atoms with Crippen molar-refractivity contribution in [2.24, 2.45) is 5.92 Å². The molecule has 0 aliphatic carbocycles. The third kappa shape index (κ3) is 1.63. The normalized spacial score (nSPS) is 24.9. The van der Waals surface area contributed by atoms with E-state index in [1.54, 1.807) is 4.31 Å². The van der Waals surface area contributed by atoms with E-state index in [-0.39, 0.29) is 0 Å². The lowest BCUT2D eigenvalue weighted by molar-refractivity contribution is 0.207. The molecule has 1 heterocycles. The van der Waals surface area contributed by atoms with Crippen molar-refractivity contribution in [1.29, 1.82) is 0 Å². The molecule has 0 amide bonds. The van der Waals surface area contributed by atoms with E-state index < -0.39 is 11.5 Å². The molecule has 1 fully saturated rings. The maximum atomic E-state index is 11.2. The van der Waals surface area contributed by atoms with Crippen molar-refractivity contribution in [3.63, 3.8) is 0 Å². The van der Waals surface area contributed by atoms with Crippen molar-refractivity contribution in [2.75, 3.05) is 27.2 Å². The quantitative estimate of drug-likeness (QED) is 0.538. The Balaban J connectivity index is 2.24. The van der Waals surface area contributed by atoms with Crippen LogP contribution in [0.1, 0.15) is 6.92 Å². The van der Waals surface area contributed by atoms with Crippen molar-refractivity contribution in [1.82, 2.24) is 8.61 Å². The van der Waals surface area contributed by atoms with Crippen LogP contribution in [-0.2, 0) is 11.5 Å². The first-order chi connectivity index (χ1) is 4.61. The predicted molar refractivity (Wildman–Crippen MR) is 42.6 cm³/mol. The van der Waals surface area contributed by atoms with Crippen LogP contribution in [0.25, 0.3) is 0 Å². The van der Waals surface area contributed by atoms with Gasteiger partial charge < -0.3 is 4.55 Å². The highest BCUT2D eigenvalue weighted by molar-refractivity contribution is 7.86. The van der Waals surface area contributed by atoms with Crippen molar-refractivity contribution in [2.45, 2.75) is 6.92 Å². The average Bonchev–Trinajstić information content (AvgIpc) is 1.79. The Morgan fingerprint density at radius 2 is 2.00 bits per heavy atom. The number of hydrogen-bond acceptors (Lipinski definition) is 3. The Morgan fingerprint density at radius 3 is 2.30 bits per heavy atom. The molecule has 0 radical (unpaired) electrons. The molecule has 3 nitrogen and oxygen atoms in total. The summed E-state index contributed by atoms with van der Waals surface area (Å²) in [6, 6.07) is 0. The van der Waals surface area contributed by atoms with E-state index in [0.29, 0.717) is 0 Å². The summed E-state index contributed by atoms with van der Waals surface area (Å²) < 4.78 is 14.9. The lowest BCUT2D eigenvalue weighted by atomic mass is 10.1. The number of hydrogen-bond donors (Lipinski definition) is 0. The number of rotatable bonds is 2. The third-order valence-corrected chi connectivity index (χ3v) is 2.93. The van der Waals surface area contributed by atoms with Gasteiger partial charge in [-0.05, 0) is 5.92 Å². The highest BCUT2D eigenvalue weighted by atomic mass is 32.2. The topological polar surface area (TPSA) is 29.5 Å². The third-order valence-electron chi connectivity index (χ3n) is 1.56. The Bertz CT molecular complexity index is 114. The molecule has 10 heavy (non-hydrogen) atoms. The van der Waals surface area contributed by atoms with Crippen LogP contribution in [0.15, 0.2) is 0 Å². The largest absolute Gasteiger partial charge is 0.578 e. The Labute approximate surface area is 65.4 Å². The SMILES string of the molecule is CC1CN([S+]([O-])N(C)C)C1. The highest BCUT2D eigenvalue weighted by Crippen LogP contribution is 2.19. The van der Waals surface area contributed by atoms with Crippen LogP contribution in [0.3, 0.4) is 0 Å². The van der Waals surface area contributed by atoms with E-state index in [9.17, 15) is 4.55 Å².